The number of rotatable bonds is 8. The molecule has 0 spiro atoms. The van der Waals surface area contributed by atoms with Crippen LogP contribution < -0.4 is 4.90 Å². The van der Waals surface area contributed by atoms with Crippen molar-refractivity contribution in [2.24, 2.45) is 0 Å². The van der Waals surface area contributed by atoms with E-state index < -0.39 is 0 Å². The van der Waals surface area contributed by atoms with Gasteiger partial charge in [-0.15, -0.1) is 0 Å². The summed E-state index contributed by atoms with van der Waals surface area (Å²) in [6.45, 7) is 6.79. The molecule has 0 heterocycles. The molecule has 1 nitrogen and oxygen atoms in total. The normalized spacial score (nSPS) is 11.3. The van der Waals surface area contributed by atoms with Gasteiger partial charge in [0, 0.05) is 17.1 Å². The standard InChI is InChI=1S/C52H43N/c1-52(2,3)44-30-22-41(23-31-44)49-19-12-13-21-51(49)43-28-36-47(37-29-43)53(45-32-24-39(25-33-45)38-14-6-4-7-15-38)46-34-26-42(27-35-46)50-20-11-10-18-48(50)40-16-8-5-9-17-40/h4-37H,1-3H3. The zero-order valence-corrected chi connectivity index (χ0v) is 30.6. The van der Waals surface area contributed by atoms with Gasteiger partial charge in [0.05, 0.1) is 0 Å². The number of anilines is 3. The summed E-state index contributed by atoms with van der Waals surface area (Å²) in [4.78, 5) is 2.35. The molecule has 0 saturated heterocycles. The summed E-state index contributed by atoms with van der Waals surface area (Å²) in [5.41, 5.74) is 16.9. The third-order valence-electron chi connectivity index (χ3n) is 10.1. The Labute approximate surface area is 314 Å². The van der Waals surface area contributed by atoms with E-state index in [1.165, 1.54) is 61.2 Å². The van der Waals surface area contributed by atoms with Crippen molar-refractivity contribution in [2.45, 2.75) is 26.2 Å². The first-order chi connectivity index (χ1) is 25.9. The van der Waals surface area contributed by atoms with Gasteiger partial charge >= 0.3 is 0 Å². The minimum atomic E-state index is 0.120. The summed E-state index contributed by atoms with van der Waals surface area (Å²) in [6.07, 6.45) is 0. The molecule has 256 valence electrons. The molecule has 0 saturated carbocycles. The van der Waals surface area contributed by atoms with Crippen molar-refractivity contribution in [1.82, 2.24) is 0 Å². The summed E-state index contributed by atoms with van der Waals surface area (Å²) < 4.78 is 0. The molecule has 0 bridgehead atoms. The summed E-state index contributed by atoms with van der Waals surface area (Å²) in [5.74, 6) is 0. The molecule has 8 aromatic rings. The molecule has 1 heteroatoms. The highest BCUT2D eigenvalue weighted by molar-refractivity contribution is 5.87. The van der Waals surface area contributed by atoms with Crippen molar-refractivity contribution in [3.63, 3.8) is 0 Å². The SMILES string of the molecule is CC(C)(C)c1ccc(-c2ccccc2-c2ccc(N(c3ccc(-c4ccccc4)cc3)c3ccc(-c4ccccc4-c4ccccc4)cc3)cc2)cc1. The minimum absolute atomic E-state index is 0.120. The molecule has 0 aliphatic rings. The lowest BCUT2D eigenvalue weighted by molar-refractivity contribution is 0.590. The Balaban J connectivity index is 1.16. The van der Waals surface area contributed by atoms with Gasteiger partial charge in [-0.05, 0) is 103 Å². The fraction of sp³-hybridized carbons (Fsp3) is 0.0769. The topological polar surface area (TPSA) is 3.24 Å². The van der Waals surface area contributed by atoms with Gasteiger partial charge in [-0.2, -0.15) is 0 Å². The van der Waals surface area contributed by atoms with Crippen LogP contribution in [0.15, 0.2) is 206 Å². The third kappa shape index (κ3) is 7.20. The van der Waals surface area contributed by atoms with Gasteiger partial charge in [0.15, 0.2) is 0 Å². The quantitative estimate of drug-likeness (QED) is 0.154. The lowest BCUT2D eigenvalue weighted by Crippen LogP contribution is -2.10. The smallest absolute Gasteiger partial charge is 0.0462 e. The molecule has 0 aromatic heterocycles. The Hall–Kier alpha value is -6.44. The molecule has 0 atom stereocenters. The fourth-order valence-electron chi connectivity index (χ4n) is 7.20. The molecule has 0 fully saturated rings. The zero-order valence-electron chi connectivity index (χ0n) is 30.6. The second-order valence-electron chi connectivity index (χ2n) is 14.6. The third-order valence-corrected chi connectivity index (χ3v) is 10.1. The van der Waals surface area contributed by atoms with Gasteiger partial charge in [0.2, 0.25) is 0 Å². The van der Waals surface area contributed by atoms with Gasteiger partial charge < -0.3 is 4.90 Å². The maximum atomic E-state index is 2.35. The van der Waals surface area contributed by atoms with Crippen molar-refractivity contribution in [3.8, 4) is 55.6 Å². The van der Waals surface area contributed by atoms with E-state index >= 15 is 0 Å². The predicted octanol–water partition coefficient (Wildman–Crippen LogP) is 14.8. The lowest BCUT2D eigenvalue weighted by atomic mass is 9.85. The molecule has 0 radical (unpaired) electrons. The number of hydrogen-bond donors (Lipinski definition) is 0. The average Bonchev–Trinajstić information content (AvgIpc) is 3.22. The van der Waals surface area contributed by atoms with Crippen molar-refractivity contribution in [3.05, 3.63) is 212 Å². The second-order valence-corrected chi connectivity index (χ2v) is 14.6. The van der Waals surface area contributed by atoms with E-state index in [0.717, 1.165) is 17.1 Å². The Morgan fingerprint density at radius 3 is 0.887 bits per heavy atom. The Bertz CT molecular complexity index is 2420. The van der Waals surface area contributed by atoms with Crippen LogP contribution in [-0.2, 0) is 5.41 Å². The minimum Gasteiger partial charge on any atom is -0.311 e. The molecular weight excluding hydrogens is 639 g/mol. The van der Waals surface area contributed by atoms with Gasteiger partial charge in [-0.25, -0.2) is 0 Å². The van der Waals surface area contributed by atoms with Crippen LogP contribution in [0.5, 0.6) is 0 Å². The van der Waals surface area contributed by atoms with E-state index in [0.29, 0.717) is 0 Å². The first kappa shape index (κ1) is 33.7. The molecule has 0 amide bonds. The molecule has 0 N–H and O–H groups in total. The molecule has 0 aliphatic carbocycles. The maximum Gasteiger partial charge on any atom is 0.0462 e. The number of benzene rings is 8. The average molecular weight is 682 g/mol. The molecule has 8 rings (SSSR count). The van der Waals surface area contributed by atoms with Crippen LogP contribution in [0.2, 0.25) is 0 Å². The monoisotopic (exact) mass is 681 g/mol. The molecule has 0 aliphatic heterocycles. The van der Waals surface area contributed by atoms with E-state index in [1.807, 2.05) is 0 Å². The second kappa shape index (κ2) is 14.7. The van der Waals surface area contributed by atoms with Crippen molar-refractivity contribution in [1.29, 1.82) is 0 Å². The van der Waals surface area contributed by atoms with Crippen molar-refractivity contribution >= 4 is 17.1 Å². The number of nitrogens with zero attached hydrogens (tertiary/aromatic N) is 1. The van der Waals surface area contributed by atoms with Crippen LogP contribution >= 0.6 is 0 Å². The number of hydrogen-bond acceptors (Lipinski definition) is 1. The predicted molar refractivity (Wildman–Crippen MR) is 227 cm³/mol. The van der Waals surface area contributed by atoms with E-state index in [9.17, 15) is 0 Å². The van der Waals surface area contributed by atoms with Crippen LogP contribution in [-0.4, -0.2) is 0 Å². The largest absolute Gasteiger partial charge is 0.311 e. The van der Waals surface area contributed by atoms with E-state index in [-0.39, 0.29) is 5.41 Å². The van der Waals surface area contributed by atoms with E-state index in [1.54, 1.807) is 0 Å². The van der Waals surface area contributed by atoms with Gasteiger partial charge in [0.25, 0.3) is 0 Å². The van der Waals surface area contributed by atoms with Crippen LogP contribution in [0.25, 0.3) is 55.6 Å². The van der Waals surface area contributed by atoms with E-state index in [4.69, 9.17) is 0 Å². The highest BCUT2D eigenvalue weighted by Crippen LogP contribution is 2.40. The Kier molecular flexibility index (Phi) is 9.32. The van der Waals surface area contributed by atoms with Crippen LogP contribution in [0.1, 0.15) is 26.3 Å². The van der Waals surface area contributed by atoms with Gasteiger partial charge in [-0.1, -0.05) is 191 Å². The molecular formula is C52H43N. The van der Waals surface area contributed by atoms with Gasteiger partial charge in [0.1, 0.15) is 0 Å². The molecule has 8 aromatic carbocycles. The molecule has 0 unspecified atom stereocenters. The zero-order chi connectivity index (χ0) is 36.2. The first-order valence-electron chi connectivity index (χ1n) is 18.4. The van der Waals surface area contributed by atoms with Crippen LogP contribution in [0.3, 0.4) is 0 Å². The highest BCUT2D eigenvalue weighted by atomic mass is 15.1. The van der Waals surface area contributed by atoms with Crippen molar-refractivity contribution < 1.29 is 0 Å². The maximum absolute atomic E-state index is 2.35. The fourth-order valence-corrected chi connectivity index (χ4v) is 7.20. The summed E-state index contributed by atoms with van der Waals surface area (Å²) in [6, 6.07) is 74.5. The van der Waals surface area contributed by atoms with Crippen molar-refractivity contribution in [2.75, 3.05) is 4.90 Å². The van der Waals surface area contributed by atoms with Crippen LogP contribution in [0.4, 0.5) is 17.1 Å². The lowest BCUT2D eigenvalue weighted by Gasteiger charge is -2.26. The van der Waals surface area contributed by atoms with Gasteiger partial charge in [-0.3, -0.25) is 0 Å². The Morgan fingerprint density at radius 1 is 0.264 bits per heavy atom. The Morgan fingerprint density at radius 2 is 0.528 bits per heavy atom. The van der Waals surface area contributed by atoms with Crippen LogP contribution in [0, 0.1) is 0 Å². The molecule has 53 heavy (non-hydrogen) atoms. The highest BCUT2D eigenvalue weighted by Gasteiger charge is 2.17. The first-order valence-corrected chi connectivity index (χ1v) is 18.4. The summed E-state index contributed by atoms with van der Waals surface area (Å²) >= 11 is 0. The summed E-state index contributed by atoms with van der Waals surface area (Å²) in [7, 11) is 0. The van der Waals surface area contributed by atoms with E-state index in [2.05, 4.69) is 232 Å². The summed E-state index contributed by atoms with van der Waals surface area (Å²) in [5, 5.41) is 0.